The molecule has 0 bridgehead atoms. The molecular formula is C17H27N3O. The fraction of sp³-hybridized carbons (Fsp3) is 0.706. The molecule has 2 aliphatic rings. The molecule has 1 atom stereocenters. The van der Waals surface area contributed by atoms with Crippen LogP contribution >= 0.6 is 0 Å². The molecule has 1 aromatic rings. The Balaban J connectivity index is 1.62. The first-order valence-corrected chi connectivity index (χ1v) is 8.22. The Kier molecular flexibility index (Phi) is 4.76. The Bertz CT molecular complexity index is 440. The van der Waals surface area contributed by atoms with E-state index in [-0.39, 0.29) is 0 Å². The van der Waals surface area contributed by atoms with Crippen molar-refractivity contribution in [2.75, 3.05) is 25.2 Å². The number of rotatable bonds is 9. The van der Waals surface area contributed by atoms with Crippen LogP contribution in [0.5, 0.6) is 0 Å². The molecule has 0 aromatic carbocycles. The minimum absolute atomic E-state index is 0.558. The third-order valence-corrected chi connectivity index (χ3v) is 4.61. The second kappa shape index (κ2) is 6.75. The van der Waals surface area contributed by atoms with Gasteiger partial charge in [0, 0.05) is 38.5 Å². The van der Waals surface area contributed by atoms with Gasteiger partial charge in [-0.15, -0.1) is 0 Å². The highest BCUT2D eigenvalue weighted by Crippen LogP contribution is 2.36. The van der Waals surface area contributed by atoms with Crippen molar-refractivity contribution in [1.29, 1.82) is 0 Å². The number of hydrogen-bond acceptors (Lipinski definition) is 4. The molecule has 4 heteroatoms. The molecule has 2 aliphatic carbocycles. The van der Waals surface area contributed by atoms with Crippen molar-refractivity contribution in [2.45, 2.75) is 51.2 Å². The standard InChI is InChI=1S/C17H27N3O/c1-13(15-4-5-15)20(9-10-21-2)17-8-3-14(12-19-17)11-18-16-6-7-16/h3,8,12-13,15-16,18H,4-7,9-11H2,1-2H3. The van der Waals surface area contributed by atoms with Gasteiger partial charge in [-0.3, -0.25) is 0 Å². The van der Waals surface area contributed by atoms with Gasteiger partial charge in [0.15, 0.2) is 0 Å². The van der Waals surface area contributed by atoms with Crippen molar-refractivity contribution >= 4 is 5.82 Å². The molecule has 21 heavy (non-hydrogen) atoms. The zero-order chi connectivity index (χ0) is 14.7. The van der Waals surface area contributed by atoms with Gasteiger partial charge < -0.3 is 15.0 Å². The highest BCUT2D eigenvalue weighted by atomic mass is 16.5. The van der Waals surface area contributed by atoms with E-state index >= 15 is 0 Å². The van der Waals surface area contributed by atoms with Gasteiger partial charge >= 0.3 is 0 Å². The van der Waals surface area contributed by atoms with Crippen molar-refractivity contribution in [1.82, 2.24) is 10.3 Å². The maximum atomic E-state index is 5.26. The van der Waals surface area contributed by atoms with E-state index in [9.17, 15) is 0 Å². The molecule has 1 aromatic heterocycles. The van der Waals surface area contributed by atoms with Crippen LogP contribution in [-0.4, -0.2) is 37.3 Å². The Labute approximate surface area is 127 Å². The summed E-state index contributed by atoms with van der Waals surface area (Å²) in [5.74, 6) is 1.92. The molecule has 0 saturated heterocycles. The smallest absolute Gasteiger partial charge is 0.128 e. The largest absolute Gasteiger partial charge is 0.383 e. The van der Waals surface area contributed by atoms with E-state index in [1.54, 1.807) is 7.11 Å². The van der Waals surface area contributed by atoms with Crippen molar-refractivity contribution in [3.05, 3.63) is 23.9 Å². The van der Waals surface area contributed by atoms with Crippen LogP contribution < -0.4 is 10.2 Å². The number of methoxy groups -OCH3 is 1. The highest BCUT2D eigenvalue weighted by Gasteiger charge is 2.32. The van der Waals surface area contributed by atoms with E-state index in [1.165, 1.54) is 31.2 Å². The number of anilines is 1. The average Bonchev–Trinajstić information content (AvgIpc) is 3.40. The second-order valence-electron chi connectivity index (χ2n) is 6.44. The molecule has 0 radical (unpaired) electrons. The van der Waals surface area contributed by atoms with E-state index in [4.69, 9.17) is 9.72 Å². The molecule has 1 unspecified atom stereocenters. The fourth-order valence-electron chi connectivity index (χ4n) is 2.79. The molecule has 2 fully saturated rings. The van der Waals surface area contributed by atoms with E-state index in [0.717, 1.165) is 37.5 Å². The van der Waals surface area contributed by atoms with Crippen molar-refractivity contribution in [3.63, 3.8) is 0 Å². The highest BCUT2D eigenvalue weighted by molar-refractivity contribution is 5.41. The van der Waals surface area contributed by atoms with Gasteiger partial charge in [0.25, 0.3) is 0 Å². The van der Waals surface area contributed by atoms with Crippen LogP contribution in [0.1, 0.15) is 38.2 Å². The topological polar surface area (TPSA) is 37.4 Å². The molecule has 3 rings (SSSR count). The fourth-order valence-corrected chi connectivity index (χ4v) is 2.79. The SMILES string of the molecule is COCCN(c1ccc(CNC2CC2)cn1)C(C)C1CC1. The average molecular weight is 289 g/mol. The first kappa shape index (κ1) is 14.8. The van der Waals surface area contributed by atoms with Crippen LogP contribution in [0.15, 0.2) is 18.3 Å². The number of pyridine rings is 1. The van der Waals surface area contributed by atoms with E-state index in [0.29, 0.717) is 6.04 Å². The summed E-state index contributed by atoms with van der Waals surface area (Å²) < 4.78 is 5.26. The normalized spacial score (nSPS) is 19.5. The molecule has 0 aliphatic heterocycles. The van der Waals surface area contributed by atoms with Crippen LogP contribution in [0.25, 0.3) is 0 Å². The maximum Gasteiger partial charge on any atom is 0.128 e. The predicted octanol–water partition coefficient (Wildman–Crippen LogP) is 2.58. The number of nitrogens with zero attached hydrogens (tertiary/aromatic N) is 2. The lowest BCUT2D eigenvalue weighted by Gasteiger charge is -2.30. The lowest BCUT2D eigenvalue weighted by atomic mass is 10.1. The van der Waals surface area contributed by atoms with Gasteiger partial charge in [-0.2, -0.15) is 0 Å². The minimum Gasteiger partial charge on any atom is -0.383 e. The van der Waals surface area contributed by atoms with Crippen LogP contribution in [0, 0.1) is 5.92 Å². The molecule has 1 heterocycles. The molecule has 2 saturated carbocycles. The lowest BCUT2D eigenvalue weighted by Crippen LogP contribution is -2.37. The summed E-state index contributed by atoms with van der Waals surface area (Å²) in [4.78, 5) is 7.09. The third-order valence-electron chi connectivity index (χ3n) is 4.61. The molecule has 4 nitrogen and oxygen atoms in total. The predicted molar refractivity (Wildman–Crippen MR) is 85.5 cm³/mol. The van der Waals surface area contributed by atoms with E-state index < -0.39 is 0 Å². The van der Waals surface area contributed by atoms with Crippen molar-refractivity contribution < 1.29 is 4.74 Å². The summed E-state index contributed by atoms with van der Waals surface area (Å²) in [7, 11) is 1.76. The molecule has 116 valence electrons. The Morgan fingerprint density at radius 3 is 2.71 bits per heavy atom. The maximum absolute atomic E-state index is 5.26. The monoisotopic (exact) mass is 289 g/mol. The summed E-state index contributed by atoms with van der Waals surface area (Å²) in [5, 5.41) is 3.53. The Morgan fingerprint density at radius 1 is 1.33 bits per heavy atom. The molecule has 1 N–H and O–H groups in total. The first-order valence-electron chi connectivity index (χ1n) is 8.22. The van der Waals surface area contributed by atoms with Crippen LogP contribution in [0.4, 0.5) is 5.82 Å². The Hall–Kier alpha value is -1.13. The molecular weight excluding hydrogens is 262 g/mol. The van der Waals surface area contributed by atoms with Gasteiger partial charge in [0.2, 0.25) is 0 Å². The number of aromatic nitrogens is 1. The quantitative estimate of drug-likeness (QED) is 0.758. The lowest BCUT2D eigenvalue weighted by molar-refractivity contribution is 0.202. The Morgan fingerprint density at radius 2 is 2.14 bits per heavy atom. The number of ether oxygens (including phenoxy) is 1. The van der Waals surface area contributed by atoms with Gasteiger partial charge in [-0.1, -0.05) is 6.07 Å². The molecule has 0 amide bonds. The zero-order valence-corrected chi connectivity index (χ0v) is 13.2. The van der Waals surface area contributed by atoms with Crippen LogP contribution in [-0.2, 0) is 11.3 Å². The summed E-state index contributed by atoms with van der Waals surface area (Å²) in [6.45, 7) is 4.93. The zero-order valence-electron chi connectivity index (χ0n) is 13.2. The summed E-state index contributed by atoms with van der Waals surface area (Å²) >= 11 is 0. The summed E-state index contributed by atoms with van der Waals surface area (Å²) in [6.07, 6.45) is 7.39. The van der Waals surface area contributed by atoms with Gasteiger partial charge in [0.1, 0.15) is 5.82 Å². The van der Waals surface area contributed by atoms with Gasteiger partial charge in [0.05, 0.1) is 6.61 Å². The molecule has 0 spiro atoms. The van der Waals surface area contributed by atoms with Gasteiger partial charge in [-0.25, -0.2) is 4.98 Å². The number of nitrogens with one attached hydrogen (secondary N) is 1. The number of hydrogen-bond donors (Lipinski definition) is 1. The van der Waals surface area contributed by atoms with Gasteiger partial charge in [-0.05, 0) is 50.2 Å². The minimum atomic E-state index is 0.558. The van der Waals surface area contributed by atoms with Crippen molar-refractivity contribution in [3.8, 4) is 0 Å². The second-order valence-corrected chi connectivity index (χ2v) is 6.44. The van der Waals surface area contributed by atoms with Crippen LogP contribution in [0.2, 0.25) is 0 Å². The van der Waals surface area contributed by atoms with E-state index in [1.807, 2.05) is 6.20 Å². The van der Waals surface area contributed by atoms with Crippen LogP contribution in [0.3, 0.4) is 0 Å². The van der Waals surface area contributed by atoms with E-state index in [2.05, 4.69) is 29.3 Å². The van der Waals surface area contributed by atoms with Crippen molar-refractivity contribution in [2.24, 2.45) is 5.92 Å². The first-order chi connectivity index (χ1) is 10.3. The summed E-state index contributed by atoms with van der Waals surface area (Å²) in [6, 6.07) is 5.68. The third kappa shape index (κ3) is 4.17. The summed E-state index contributed by atoms with van der Waals surface area (Å²) in [5.41, 5.74) is 1.27.